The van der Waals surface area contributed by atoms with Crippen molar-refractivity contribution in [1.29, 1.82) is 0 Å². The molecule has 0 aromatic heterocycles. The Bertz CT molecular complexity index is 526. The minimum Gasteiger partial charge on any atom is -0.480 e. The first-order chi connectivity index (χ1) is 8.30. The molecule has 1 aromatic rings. The zero-order valence-corrected chi connectivity index (χ0v) is 11.6. The van der Waals surface area contributed by atoms with Gasteiger partial charge in [-0.05, 0) is 30.7 Å². The van der Waals surface area contributed by atoms with Crippen molar-refractivity contribution in [2.24, 2.45) is 0 Å². The Morgan fingerprint density at radius 3 is 2.28 bits per heavy atom. The van der Waals surface area contributed by atoms with E-state index in [1.807, 2.05) is 0 Å². The molecule has 0 aliphatic carbocycles. The van der Waals surface area contributed by atoms with Gasteiger partial charge in [0.25, 0.3) is 0 Å². The van der Waals surface area contributed by atoms with E-state index < -0.39 is 22.0 Å². The summed E-state index contributed by atoms with van der Waals surface area (Å²) in [6.45, 7) is 1.62. The summed E-state index contributed by atoms with van der Waals surface area (Å²) in [4.78, 5) is 11.0. The van der Waals surface area contributed by atoms with Crippen molar-refractivity contribution < 1.29 is 18.3 Å². The van der Waals surface area contributed by atoms with Gasteiger partial charge in [0, 0.05) is 12.1 Å². The Morgan fingerprint density at radius 2 is 1.89 bits per heavy atom. The SMILES string of the molecule is CCC(C(=O)O)N(C)S(=O)(=O)c1ccc(Cl)cc1. The Labute approximate surface area is 111 Å². The number of benzene rings is 1. The van der Waals surface area contributed by atoms with Crippen LogP contribution in [0.2, 0.25) is 5.02 Å². The molecule has 1 atom stereocenters. The molecule has 0 saturated carbocycles. The van der Waals surface area contributed by atoms with Crippen molar-refractivity contribution >= 4 is 27.6 Å². The molecule has 0 bridgehead atoms. The highest BCUT2D eigenvalue weighted by Gasteiger charge is 2.31. The first-order valence-corrected chi connectivity index (χ1v) is 7.09. The monoisotopic (exact) mass is 291 g/mol. The number of hydrogen-bond donors (Lipinski definition) is 1. The molecule has 1 aromatic carbocycles. The molecule has 0 aliphatic rings. The maximum absolute atomic E-state index is 12.2. The van der Waals surface area contributed by atoms with E-state index in [0.717, 1.165) is 4.31 Å². The van der Waals surface area contributed by atoms with Crippen LogP contribution >= 0.6 is 11.6 Å². The van der Waals surface area contributed by atoms with E-state index in [9.17, 15) is 13.2 Å². The Morgan fingerprint density at radius 1 is 1.39 bits per heavy atom. The van der Waals surface area contributed by atoms with Crippen LogP contribution in [0.3, 0.4) is 0 Å². The summed E-state index contributed by atoms with van der Waals surface area (Å²) in [5, 5.41) is 9.39. The molecule has 5 nitrogen and oxygen atoms in total. The van der Waals surface area contributed by atoms with Crippen molar-refractivity contribution in [2.45, 2.75) is 24.3 Å². The van der Waals surface area contributed by atoms with Gasteiger partial charge in [-0.25, -0.2) is 8.42 Å². The second kappa shape index (κ2) is 5.69. The van der Waals surface area contributed by atoms with E-state index >= 15 is 0 Å². The lowest BCUT2D eigenvalue weighted by Gasteiger charge is -2.23. The third kappa shape index (κ3) is 3.01. The summed E-state index contributed by atoms with van der Waals surface area (Å²) in [5.41, 5.74) is 0. The number of sulfonamides is 1. The average Bonchev–Trinajstić information content (AvgIpc) is 2.29. The number of carboxylic acid groups (broad SMARTS) is 1. The second-order valence-corrected chi connectivity index (χ2v) is 6.17. The van der Waals surface area contributed by atoms with Gasteiger partial charge in [-0.1, -0.05) is 18.5 Å². The number of rotatable bonds is 5. The Balaban J connectivity index is 3.13. The summed E-state index contributed by atoms with van der Waals surface area (Å²) in [6.07, 6.45) is 0.193. The fraction of sp³-hybridized carbons (Fsp3) is 0.364. The van der Waals surface area contributed by atoms with Crippen LogP contribution in [0.5, 0.6) is 0 Å². The summed E-state index contributed by atoms with van der Waals surface area (Å²) in [6, 6.07) is 4.52. The fourth-order valence-corrected chi connectivity index (χ4v) is 3.04. The van der Waals surface area contributed by atoms with Crippen molar-refractivity contribution in [3.63, 3.8) is 0 Å². The Kier molecular flexibility index (Phi) is 4.72. The zero-order chi connectivity index (χ0) is 13.9. The van der Waals surface area contributed by atoms with Crippen LogP contribution in [-0.2, 0) is 14.8 Å². The predicted octanol–water partition coefficient (Wildman–Crippen LogP) is 1.82. The standard InChI is InChI=1S/C11H14ClNO4S/c1-3-10(11(14)15)13(2)18(16,17)9-6-4-8(12)5-7-9/h4-7,10H,3H2,1-2H3,(H,14,15). The first-order valence-electron chi connectivity index (χ1n) is 5.27. The van der Waals surface area contributed by atoms with Gasteiger partial charge in [0.1, 0.15) is 6.04 Å². The van der Waals surface area contributed by atoms with E-state index in [4.69, 9.17) is 16.7 Å². The summed E-state index contributed by atoms with van der Waals surface area (Å²) in [5.74, 6) is -1.17. The predicted molar refractivity (Wildman–Crippen MR) is 68.1 cm³/mol. The topological polar surface area (TPSA) is 74.7 Å². The normalized spacial score (nSPS) is 13.6. The molecule has 0 radical (unpaired) electrons. The van der Waals surface area contributed by atoms with Gasteiger partial charge in [-0.2, -0.15) is 4.31 Å². The number of halogens is 1. The highest BCUT2D eigenvalue weighted by molar-refractivity contribution is 7.89. The van der Waals surface area contributed by atoms with Crippen LogP contribution in [-0.4, -0.2) is 36.9 Å². The van der Waals surface area contributed by atoms with E-state index in [0.29, 0.717) is 5.02 Å². The third-order valence-corrected chi connectivity index (χ3v) is 4.73. The van der Waals surface area contributed by atoms with Crippen molar-refractivity contribution in [3.8, 4) is 0 Å². The van der Waals surface area contributed by atoms with Gasteiger partial charge in [-0.15, -0.1) is 0 Å². The zero-order valence-electron chi connectivity index (χ0n) is 10.00. The van der Waals surface area contributed by atoms with Crippen LogP contribution in [0.15, 0.2) is 29.2 Å². The molecule has 0 spiro atoms. The average molecular weight is 292 g/mol. The lowest BCUT2D eigenvalue weighted by molar-refractivity contribution is -0.141. The van der Waals surface area contributed by atoms with Crippen LogP contribution in [0.1, 0.15) is 13.3 Å². The highest BCUT2D eigenvalue weighted by Crippen LogP contribution is 2.20. The second-order valence-electron chi connectivity index (χ2n) is 3.74. The molecule has 0 saturated heterocycles. The van der Waals surface area contributed by atoms with Crippen LogP contribution in [0.4, 0.5) is 0 Å². The van der Waals surface area contributed by atoms with Crippen LogP contribution in [0.25, 0.3) is 0 Å². The molecular formula is C11H14ClNO4S. The molecule has 0 aliphatic heterocycles. The summed E-state index contributed by atoms with van der Waals surface area (Å²) in [7, 11) is -2.56. The van der Waals surface area contributed by atoms with Gasteiger partial charge in [-0.3, -0.25) is 4.79 Å². The number of carboxylic acids is 1. The summed E-state index contributed by atoms with van der Waals surface area (Å²) >= 11 is 5.68. The molecule has 1 rings (SSSR count). The van der Waals surface area contributed by atoms with Crippen molar-refractivity contribution in [2.75, 3.05) is 7.05 Å². The Hall–Kier alpha value is -1.11. The molecule has 0 amide bonds. The molecule has 1 N–H and O–H groups in total. The quantitative estimate of drug-likeness (QED) is 0.898. The van der Waals surface area contributed by atoms with Crippen molar-refractivity contribution in [1.82, 2.24) is 4.31 Å². The van der Waals surface area contributed by atoms with Gasteiger partial charge in [0.2, 0.25) is 10.0 Å². The fourth-order valence-electron chi connectivity index (χ4n) is 1.53. The first kappa shape index (κ1) is 14.9. The third-order valence-electron chi connectivity index (χ3n) is 2.60. The van der Waals surface area contributed by atoms with Gasteiger partial charge in [0.15, 0.2) is 0 Å². The maximum Gasteiger partial charge on any atom is 0.321 e. The van der Waals surface area contributed by atoms with Gasteiger partial charge >= 0.3 is 5.97 Å². The molecule has 0 heterocycles. The number of nitrogens with zero attached hydrogens (tertiary/aromatic N) is 1. The molecule has 7 heteroatoms. The molecule has 1 unspecified atom stereocenters. The molecule has 100 valence electrons. The van der Waals surface area contributed by atoms with Crippen molar-refractivity contribution in [3.05, 3.63) is 29.3 Å². The molecule has 0 fully saturated rings. The lowest BCUT2D eigenvalue weighted by Crippen LogP contribution is -2.41. The van der Waals surface area contributed by atoms with E-state index in [-0.39, 0.29) is 11.3 Å². The maximum atomic E-state index is 12.2. The number of likely N-dealkylation sites (N-methyl/N-ethyl adjacent to an activating group) is 1. The minimum atomic E-state index is -3.82. The highest BCUT2D eigenvalue weighted by atomic mass is 35.5. The minimum absolute atomic E-state index is 0.0223. The molecular weight excluding hydrogens is 278 g/mol. The lowest BCUT2D eigenvalue weighted by atomic mass is 10.2. The van der Waals surface area contributed by atoms with E-state index in [2.05, 4.69) is 0 Å². The summed E-state index contributed by atoms with van der Waals surface area (Å²) < 4.78 is 25.2. The largest absolute Gasteiger partial charge is 0.480 e. The molecule has 18 heavy (non-hydrogen) atoms. The van der Waals surface area contributed by atoms with Gasteiger partial charge in [0.05, 0.1) is 4.90 Å². The number of carbonyl (C=O) groups is 1. The van der Waals surface area contributed by atoms with Crippen LogP contribution in [0, 0.1) is 0 Å². The van der Waals surface area contributed by atoms with Gasteiger partial charge < -0.3 is 5.11 Å². The number of hydrogen-bond acceptors (Lipinski definition) is 3. The van der Waals surface area contributed by atoms with E-state index in [1.54, 1.807) is 6.92 Å². The number of aliphatic carboxylic acids is 1. The van der Waals surface area contributed by atoms with E-state index in [1.165, 1.54) is 31.3 Å². The smallest absolute Gasteiger partial charge is 0.321 e. The van der Waals surface area contributed by atoms with Crippen LogP contribution < -0.4 is 0 Å².